The van der Waals surface area contributed by atoms with E-state index in [9.17, 15) is 13.2 Å². The minimum atomic E-state index is -3.42. The van der Waals surface area contributed by atoms with Gasteiger partial charge in [0.1, 0.15) is 5.60 Å². The minimum Gasteiger partial charge on any atom is -0.444 e. The molecule has 0 saturated carbocycles. The quantitative estimate of drug-likeness (QED) is 0.850. The van der Waals surface area contributed by atoms with Gasteiger partial charge in [0, 0.05) is 19.3 Å². The fourth-order valence-corrected chi connectivity index (χ4v) is 3.96. The standard InChI is InChI=1S/C15H22N2O4S/c1-15(2,3)21-14(18)17-9-7-12(10-17)11-22(19,20)13-6-4-5-8-16-13/h4-6,8,12H,7,9-11H2,1-3H3/t12-/m1/s1. The van der Waals surface area contributed by atoms with Gasteiger partial charge in [-0.3, -0.25) is 0 Å². The zero-order valence-corrected chi connectivity index (χ0v) is 14.0. The van der Waals surface area contributed by atoms with Crippen LogP contribution in [0, 0.1) is 5.92 Å². The molecular formula is C15H22N2O4S. The minimum absolute atomic E-state index is 0.00328. The summed E-state index contributed by atoms with van der Waals surface area (Å²) in [5.41, 5.74) is -0.546. The Morgan fingerprint density at radius 3 is 2.73 bits per heavy atom. The van der Waals surface area contributed by atoms with Gasteiger partial charge in [0.15, 0.2) is 14.9 Å². The molecule has 0 N–H and O–H groups in total. The summed E-state index contributed by atoms with van der Waals surface area (Å²) < 4.78 is 29.9. The first kappa shape index (κ1) is 16.7. The third-order valence-corrected chi connectivity index (χ3v) is 5.14. The molecule has 0 aliphatic carbocycles. The van der Waals surface area contributed by atoms with Gasteiger partial charge >= 0.3 is 6.09 Å². The van der Waals surface area contributed by atoms with Gasteiger partial charge in [-0.15, -0.1) is 0 Å². The van der Waals surface area contributed by atoms with Gasteiger partial charge < -0.3 is 9.64 Å². The molecule has 1 fully saturated rings. The lowest BCUT2D eigenvalue weighted by Crippen LogP contribution is -2.35. The van der Waals surface area contributed by atoms with Crippen molar-refractivity contribution >= 4 is 15.9 Å². The maximum atomic E-state index is 12.3. The van der Waals surface area contributed by atoms with Gasteiger partial charge in [0.05, 0.1) is 5.75 Å². The van der Waals surface area contributed by atoms with Crippen LogP contribution in [0.3, 0.4) is 0 Å². The van der Waals surface area contributed by atoms with Crippen molar-refractivity contribution in [2.75, 3.05) is 18.8 Å². The van der Waals surface area contributed by atoms with Gasteiger partial charge in [-0.25, -0.2) is 18.2 Å². The number of amides is 1. The summed E-state index contributed by atoms with van der Waals surface area (Å²) in [5, 5.41) is 0.0886. The van der Waals surface area contributed by atoms with Crippen LogP contribution in [0.1, 0.15) is 27.2 Å². The van der Waals surface area contributed by atoms with Crippen LogP contribution in [-0.4, -0.2) is 48.8 Å². The van der Waals surface area contributed by atoms with Crippen LogP contribution in [0.4, 0.5) is 4.79 Å². The van der Waals surface area contributed by atoms with Crippen molar-refractivity contribution in [2.24, 2.45) is 5.92 Å². The van der Waals surface area contributed by atoms with E-state index in [2.05, 4.69) is 4.98 Å². The SMILES string of the molecule is CC(C)(C)OC(=O)N1CC[C@@H](CS(=O)(=O)c2ccccn2)C1. The zero-order valence-electron chi connectivity index (χ0n) is 13.2. The van der Waals surface area contributed by atoms with Crippen LogP contribution in [-0.2, 0) is 14.6 Å². The largest absolute Gasteiger partial charge is 0.444 e. The number of sulfone groups is 1. The monoisotopic (exact) mass is 326 g/mol. The molecule has 1 atom stereocenters. The Labute approximate surface area is 131 Å². The van der Waals surface area contributed by atoms with Crippen LogP contribution in [0.25, 0.3) is 0 Å². The number of likely N-dealkylation sites (tertiary alicyclic amines) is 1. The molecule has 7 heteroatoms. The predicted molar refractivity (Wildman–Crippen MR) is 82.2 cm³/mol. The maximum Gasteiger partial charge on any atom is 0.410 e. The van der Waals surface area contributed by atoms with E-state index in [0.29, 0.717) is 19.5 Å². The Morgan fingerprint density at radius 1 is 1.41 bits per heavy atom. The molecule has 1 aliphatic rings. The Morgan fingerprint density at radius 2 is 2.14 bits per heavy atom. The molecule has 1 amide bonds. The van der Waals surface area contributed by atoms with Crippen molar-refractivity contribution in [3.05, 3.63) is 24.4 Å². The van der Waals surface area contributed by atoms with Crippen molar-refractivity contribution in [1.29, 1.82) is 0 Å². The lowest BCUT2D eigenvalue weighted by molar-refractivity contribution is 0.0289. The molecule has 0 spiro atoms. The Kier molecular flexibility index (Phi) is 4.75. The number of carbonyl (C=O) groups excluding carboxylic acids is 1. The summed E-state index contributed by atoms with van der Waals surface area (Å²) in [4.78, 5) is 17.5. The molecule has 1 aromatic rings. The van der Waals surface area contributed by atoms with Crippen LogP contribution in [0.15, 0.2) is 29.4 Å². The Bertz CT molecular complexity index is 623. The summed E-state index contributed by atoms with van der Waals surface area (Å²) in [6.45, 7) is 6.36. The second-order valence-electron chi connectivity index (χ2n) is 6.53. The molecule has 2 heterocycles. The Balaban J connectivity index is 1.95. The molecule has 22 heavy (non-hydrogen) atoms. The normalized spacial score (nSPS) is 19.2. The first-order valence-electron chi connectivity index (χ1n) is 7.29. The van der Waals surface area contributed by atoms with E-state index < -0.39 is 15.4 Å². The summed E-state index contributed by atoms with van der Waals surface area (Å²) in [6, 6.07) is 4.83. The van der Waals surface area contributed by atoms with E-state index >= 15 is 0 Å². The van der Waals surface area contributed by atoms with E-state index in [1.54, 1.807) is 17.0 Å². The number of nitrogens with zero attached hydrogens (tertiary/aromatic N) is 2. The van der Waals surface area contributed by atoms with Gasteiger partial charge in [0.2, 0.25) is 0 Å². The average Bonchev–Trinajstić information content (AvgIpc) is 2.86. The number of hydrogen-bond acceptors (Lipinski definition) is 5. The number of aromatic nitrogens is 1. The van der Waals surface area contributed by atoms with Crippen molar-refractivity contribution in [3.8, 4) is 0 Å². The number of pyridine rings is 1. The van der Waals surface area contributed by atoms with Gasteiger partial charge in [0.25, 0.3) is 0 Å². The molecule has 2 rings (SSSR count). The molecule has 0 bridgehead atoms. The van der Waals surface area contributed by atoms with Crippen molar-refractivity contribution < 1.29 is 17.9 Å². The topological polar surface area (TPSA) is 76.6 Å². The number of ether oxygens (including phenoxy) is 1. The smallest absolute Gasteiger partial charge is 0.410 e. The first-order chi connectivity index (χ1) is 10.2. The molecule has 0 aromatic carbocycles. The second-order valence-corrected chi connectivity index (χ2v) is 8.51. The van der Waals surface area contributed by atoms with E-state index in [1.807, 2.05) is 20.8 Å². The number of hydrogen-bond donors (Lipinski definition) is 0. The van der Waals surface area contributed by atoms with Crippen LogP contribution in [0.5, 0.6) is 0 Å². The van der Waals surface area contributed by atoms with Gasteiger partial charge in [-0.1, -0.05) is 6.07 Å². The first-order valence-corrected chi connectivity index (χ1v) is 8.94. The molecule has 0 radical (unpaired) electrons. The van der Waals surface area contributed by atoms with Crippen LogP contribution < -0.4 is 0 Å². The fourth-order valence-electron chi connectivity index (χ4n) is 2.39. The fraction of sp³-hybridized carbons (Fsp3) is 0.600. The molecule has 6 nitrogen and oxygen atoms in total. The lowest BCUT2D eigenvalue weighted by Gasteiger charge is -2.24. The highest BCUT2D eigenvalue weighted by molar-refractivity contribution is 7.91. The highest BCUT2D eigenvalue weighted by Crippen LogP contribution is 2.22. The average molecular weight is 326 g/mol. The lowest BCUT2D eigenvalue weighted by atomic mass is 10.2. The highest BCUT2D eigenvalue weighted by atomic mass is 32.2. The summed E-state index contributed by atoms with van der Waals surface area (Å²) in [6.07, 6.45) is 1.74. The molecule has 1 saturated heterocycles. The third kappa shape index (κ3) is 4.43. The maximum absolute atomic E-state index is 12.3. The van der Waals surface area contributed by atoms with Crippen LogP contribution in [0.2, 0.25) is 0 Å². The zero-order chi connectivity index (χ0) is 16.4. The predicted octanol–water partition coefficient (Wildman–Crippen LogP) is 2.11. The van der Waals surface area contributed by atoms with E-state index in [1.165, 1.54) is 12.3 Å². The van der Waals surface area contributed by atoms with E-state index in [-0.39, 0.29) is 22.8 Å². The summed E-state index contributed by atoms with van der Waals surface area (Å²) in [7, 11) is -3.42. The van der Waals surface area contributed by atoms with E-state index in [4.69, 9.17) is 4.74 Å². The highest BCUT2D eigenvalue weighted by Gasteiger charge is 2.33. The van der Waals surface area contributed by atoms with Gasteiger partial charge in [-0.2, -0.15) is 0 Å². The van der Waals surface area contributed by atoms with Crippen molar-refractivity contribution in [1.82, 2.24) is 9.88 Å². The second kappa shape index (κ2) is 6.24. The Hall–Kier alpha value is -1.63. The third-order valence-electron chi connectivity index (χ3n) is 3.35. The molecular weight excluding hydrogens is 304 g/mol. The van der Waals surface area contributed by atoms with Crippen LogP contribution >= 0.6 is 0 Å². The summed E-state index contributed by atoms with van der Waals surface area (Å²) >= 11 is 0. The number of carbonyl (C=O) groups is 1. The van der Waals surface area contributed by atoms with E-state index in [0.717, 1.165) is 0 Å². The molecule has 0 unspecified atom stereocenters. The molecule has 1 aliphatic heterocycles. The van der Waals surface area contributed by atoms with Crippen molar-refractivity contribution in [2.45, 2.75) is 37.8 Å². The summed E-state index contributed by atoms with van der Waals surface area (Å²) in [5.74, 6) is -0.0805. The van der Waals surface area contributed by atoms with Crippen molar-refractivity contribution in [3.63, 3.8) is 0 Å². The number of rotatable bonds is 3. The molecule has 1 aromatic heterocycles. The van der Waals surface area contributed by atoms with Gasteiger partial charge in [-0.05, 0) is 45.2 Å². The molecule has 122 valence electrons.